The Hall–Kier alpha value is -0.0800. The Kier molecular flexibility index (Phi) is 7.92. The van der Waals surface area contributed by atoms with E-state index in [0.29, 0.717) is 6.04 Å². The Morgan fingerprint density at radius 1 is 1.22 bits per heavy atom. The van der Waals surface area contributed by atoms with Crippen LogP contribution in [0.3, 0.4) is 0 Å². The van der Waals surface area contributed by atoms with Gasteiger partial charge in [-0.1, -0.05) is 40.0 Å². The lowest BCUT2D eigenvalue weighted by Crippen LogP contribution is -2.42. The van der Waals surface area contributed by atoms with E-state index in [-0.39, 0.29) is 0 Å². The van der Waals surface area contributed by atoms with Gasteiger partial charge in [-0.25, -0.2) is 0 Å². The number of hydrogen-bond donors (Lipinski definition) is 1. The third-order valence-corrected chi connectivity index (χ3v) is 4.11. The van der Waals surface area contributed by atoms with Gasteiger partial charge < -0.3 is 5.32 Å². The molecular weight excluding hydrogens is 220 g/mol. The minimum Gasteiger partial charge on any atom is -0.313 e. The topological polar surface area (TPSA) is 15.3 Å². The number of nitrogens with one attached hydrogen (secondary N) is 1. The first-order chi connectivity index (χ1) is 8.63. The van der Waals surface area contributed by atoms with E-state index in [4.69, 9.17) is 0 Å². The molecule has 2 nitrogen and oxygen atoms in total. The number of hydrogen-bond acceptors (Lipinski definition) is 2. The second-order valence-electron chi connectivity index (χ2n) is 6.47. The van der Waals surface area contributed by atoms with Crippen LogP contribution in [-0.2, 0) is 0 Å². The Morgan fingerprint density at radius 2 is 2.00 bits per heavy atom. The van der Waals surface area contributed by atoms with Crippen LogP contribution in [0.25, 0.3) is 0 Å². The van der Waals surface area contributed by atoms with Gasteiger partial charge >= 0.3 is 0 Å². The average molecular weight is 254 g/mol. The molecule has 0 amide bonds. The molecule has 0 aromatic carbocycles. The molecule has 0 spiro atoms. The highest BCUT2D eigenvalue weighted by Crippen LogP contribution is 2.15. The summed E-state index contributed by atoms with van der Waals surface area (Å²) in [6.45, 7) is 13.1. The van der Waals surface area contributed by atoms with Gasteiger partial charge in [0.1, 0.15) is 0 Å². The maximum absolute atomic E-state index is 3.72. The van der Waals surface area contributed by atoms with Crippen molar-refractivity contribution in [2.24, 2.45) is 5.92 Å². The molecule has 1 rings (SSSR count). The van der Waals surface area contributed by atoms with Crippen LogP contribution in [0.15, 0.2) is 0 Å². The quantitative estimate of drug-likeness (QED) is 0.697. The summed E-state index contributed by atoms with van der Waals surface area (Å²) in [6, 6.07) is 1.48. The second kappa shape index (κ2) is 8.92. The third-order valence-electron chi connectivity index (χ3n) is 4.11. The molecule has 0 radical (unpaired) electrons. The number of rotatable bonds is 7. The lowest BCUT2D eigenvalue weighted by Gasteiger charge is -2.30. The molecule has 1 N–H and O–H groups in total. The van der Waals surface area contributed by atoms with Crippen molar-refractivity contribution in [3.05, 3.63) is 0 Å². The van der Waals surface area contributed by atoms with E-state index < -0.39 is 0 Å². The van der Waals surface area contributed by atoms with Crippen LogP contribution in [0.2, 0.25) is 0 Å². The lowest BCUT2D eigenvalue weighted by atomic mass is 10.0. The molecule has 2 unspecified atom stereocenters. The van der Waals surface area contributed by atoms with Gasteiger partial charge in [-0.2, -0.15) is 0 Å². The predicted octanol–water partition coefficient (Wildman–Crippen LogP) is 3.67. The minimum atomic E-state index is 0.709. The molecule has 0 bridgehead atoms. The molecular formula is C16H34N2. The van der Waals surface area contributed by atoms with E-state index in [1.54, 1.807) is 0 Å². The Bertz CT molecular complexity index is 203. The SMILES string of the molecule is CCCCCC(C)N1CCCNC(CC(C)C)C1. The summed E-state index contributed by atoms with van der Waals surface area (Å²) in [7, 11) is 0. The van der Waals surface area contributed by atoms with E-state index in [0.717, 1.165) is 12.0 Å². The fourth-order valence-corrected chi connectivity index (χ4v) is 3.03. The number of unbranched alkanes of at least 4 members (excludes halogenated alkanes) is 2. The van der Waals surface area contributed by atoms with Gasteiger partial charge in [0, 0.05) is 18.6 Å². The molecule has 0 aromatic rings. The Morgan fingerprint density at radius 3 is 2.67 bits per heavy atom. The number of nitrogens with zero attached hydrogens (tertiary/aromatic N) is 1. The van der Waals surface area contributed by atoms with Crippen LogP contribution in [0.1, 0.15) is 66.2 Å². The molecule has 0 aromatic heterocycles. The molecule has 1 heterocycles. The molecule has 1 fully saturated rings. The Labute approximate surface area is 115 Å². The summed E-state index contributed by atoms with van der Waals surface area (Å²) < 4.78 is 0. The van der Waals surface area contributed by atoms with Crippen molar-refractivity contribution in [3.8, 4) is 0 Å². The van der Waals surface area contributed by atoms with E-state index in [9.17, 15) is 0 Å². The highest BCUT2D eigenvalue weighted by atomic mass is 15.2. The summed E-state index contributed by atoms with van der Waals surface area (Å²) in [5.74, 6) is 0.804. The predicted molar refractivity (Wildman–Crippen MR) is 81.0 cm³/mol. The van der Waals surface area contributed by atoms with Crippen molar-refractivity contribution in [3.63, 3.8) is 0 Å². The highest BCUT2D eigenvalue weighted by molar-refractivity contribution is 4.80. The molecule has 0 aliphatic carbocycles. The molecule has 2 atom stereocenters. The largest absolute Gasteiger partial charge is 0.313 e. The van der Waals surface area contributed by atoms with Gasteiger partial charge in [0.2, 0.25) is 0 Å². The van der Waals surface area contributed by atoms with Crippen LogP contribution in [0.4, 0.5) is 0 Å². The van der Waals surface area contributed by atoms with Crippen LogP contribution in [-0.4, -0.2) is 36.6 Å². The van der Waals surface area contributed by atoms with E-state index >= 15 is 0 Å². The maximum atomic E-state index is 3.72. The minimum absolute atomic E-state index is 0.709. The molecule has 18 heavy (non-hydrogen) atoms. The van der Waals surface area contributed by atoms with Gasteiger partial charge in [0.25, 0.3) is 0 Å². The van der Waals surface area contributed by atoms with Crippen molar-refractivity contribution in [1.29, 1.82) is 0 Å². The van der Waals surface area contributed by atoms with Crippen molar-refractivity contribution >= 4 is 0 Å². The standard InChI is InChI=1S/C16H34N2/c1-5-6-7-9-15(4)18-11-8-10-17-16(13-18)12-14(2)3/h14-17H,5-13H2,1-4H3. The molecule has 1 aliphatic rings. The first-order valence-corrected chi connectivity index (χ1v) is 8.11. The van der Waals surface area contributed by atoms with Crippen molar-refractivity contribution in [2.75, 3.05) is 19.6 Å². The summed E-state index contributed by atoms with van der Waals surface area (Å²) in [6.07, 6.45) is 8.14. The van der Waals surface area contributed by atoms with Crippen molar-refractivity contribution < 1.29 is 0 Å². The molecule has 2 heteroatoms. The van der Waals surface area contributed by atoms with Crippen LogP contribution in [0, 0.1) is 5.92 Å². The van der Waals surface area contributed by atoms with E-state index in [2.05, 4.69) is 37.9 Å². The monoisotopic (exact) mass is 254 g/mol. The first-order valence-electron chi connectivity index (χ1n) is 8.11. The van der Waals surface area contributed by atoms with Gasteiger partial charge in [-0.05, 0) is 45.2 Å². The molecule has 0 saturated carbocycles. The third kappa shape index (κ3) is 6.19. The van der Waals surface area contributed by atoms with Crippen molar-refractivity contribution in [1.82, 2.24) is 10.2 Å². The maximum Gasteiger partial charge on any atom is 0.0197 e. The molecule has 108 valence electrons. The fourth-order valence-electron chi connectivity index (χ4n) is 3.03. The zero-order valence-electron chi connectivity index (χ0n) is 13.0. The highest BCUT2D eigenvalue weighted by Gasteiger charge is 2.21. The average Bonchev–Trinajstić information content (AvgIpc) is 2.54. The van der Waals surface area contributed by atoms with Gasteiger partial charge in [-0.3, -0.25) is 4.90 Å². The van der Waals surface area contributed by atoms with Crippen LogP contribution >= 0.6 is 0 Å². The van der Waals surface area contributed by atoms with Gasteiger partial charge in [0.05, 0.1) is 0 Å². The summed E-state index contributed by atoms with van der Waals surface area (Å²) in [5, 5.41) is 3.72. The second-order valence-corrected chi connectivity index (χ2v) is 6.47. The molecule has 1 saturated heterocycles. The van der Waals surface area contributed by atoms with Crippen molar-refractivity contribution in [2.45, 2.75) is 78.3 Å². The van der Waals surface area contributed by atoms with Crippen LogP contribution < -0.4 is 5.32 Å². The zero-order chi connectivity index (χ0) is 13.4. The van der Waals surface area contributed by atoms with Gasteiger partial charge in [0.15, 0.2) is 0 Å². The zero-order valence-corrected chi connectivity index (χ0v) is 13.0. The molecule has 1 aliphatic heterocycles. The summed E-state index contributed by atoms with van der Waals surface area (Å²) >= 11 is 0. The lowest BCUT2D eigenvalue weighted by molar-refractivity contribution is 0.186. The van der Waals surface area contributed by atoms with E-state index in [1.165, 1.54) is 58.2 Å². The smallest absolute Gasteiger partial charge is 0.0197 e. The summed E-state index contributed by atoms with van der Waals surface area (Å²) in [4.78, 5) is 2.72. The normalized spacial score (nSPS) is 24.2. The fraction of sp³-hybridized carbons (Fsp3) is 1.00. The first kappa shape index (κ1) is 16.0. The summed E-state index contributed by atoms with van der Waals surface area (Å²) in [5.41, 5.74) is 0. The van der Waals surface area contributed by atoms with Gasteiger partial charge in [-0.15, -0.1) is 0 Å². The van der Waals surface area contributed by atoms with E-state index in [1.807, 2.05) is 0 Å². The van der Waals surface area contributed by atoms with Crippen LogP contribution in [0.5, 0.6) is 0 Å². The Balaban J connectivity index is 2.37.